The van der Waals surface area contributed by atoms with E-state index < -0.39 is 0 Å². The van der Waals surface area contributed by atoms with Gasteiger partial charge in [0.1, 0.15) is 0 Å². The van der Waals surface area contributed by atoms with E-state index in [9.17, 15) is 0 Å². The fourth-order valence-corrected chi connectivity index (χ4v) is 0.497. The van der Waals surface area contributed by atoms with Crippen molar-refractivity contribution in [1.82, 2.24) is 4.98 Å². The summed E-state index contributed by atoms with van der Waals surface area (Å²) in [6, 6.07) is 3.66. The third-order valence-corrected chi connectivity index (χ3v) is 1.05. The van der Waals surface area contributed by atoms with E-state index in [1.165, 1.54) is 0 Å². The van der Waals surface area contributed by atoms with Gasteiger partial charge in [-0.3, -0.25) is 4.98 Å². The molecule has 0 radical (unpaired) electrons. The second-order valence-corrected chi connectivity index (χ2v) is 1.68. The van der Waals surface area contributed by atoms with Gasteiger partial charge in [0.05, 0.1) is 11.4 Å². The molecule has 1 rings (SSSR count). The molecule has 0 unspecified atom stereocenters. The molecule has 0 aliphatic rings. The molecule has 2 heteroatoms. The van der Waals surface area contributed by atoms with Crippen LogP contribution in [0.2, 0.25) is 0 Å². The number of aromatic nitrogens is 1. The van der Waals surface area contributed by atoms with Gasteiger partial charge in [-0.1, -0.05) is 13.8 Å². The van der Waals surface area contributed by atoms with Crippen molar-refractivity contribution in [2.45, 2.75) is 20.8 Å². The number of aryl methyl sites for hydroxylation is 1. The Labute approximate surface area is 62.1 Å². The quantitative estimate of drug-likeness (QED) is 0.595. The van der Waals surface area contributed by atoms with Crippen molar-refractivity contribution >= 4 is 5.69 Å². The minimum Gasteiger partial charge on any atom is -0.397 e. The summed E-state index contributed by atoms with van der Waals surface area (Å²) in [5.74, 6) is 0. The maximum absolute atomic E-state index is 5.46. The van der Waals surface area contributed by atoms with Crippen LogP contribution in [0.4, 0.5) is 5.69 Å². The van der Waals surface area contributed by atoms with Crippen molar-refractivity contribution in [3.05, 3.63) is 24.0 Å². The number of nitrogens with zero attached hydrogens (tertiary/aromatic N) is 1. The van der Waals surface area contributed by atoms with Crippen LogP contribution >= 0.6 is 0 Å². The molecule has 0 spiro atoms. The molecule has 0 atom stereocenters. The van der Waals surface area contributed by atoms with Gasteiger partial charge in [-0.2, -0.15) is 0 Å². The molecule has 0 aliphatic heterocycles. The van der Waals surface area contributed by atoms with Gasteiger partial charge in [-0.25, -0.2) is 0 Å². The summed E-state index contributed by atoms with van der Waals surface area (Å²) < 4.78 is 0. The minimum atomic E-state index is 0.757. The van der Waals surface area contributed by atoms with Crippen LogP contribution in [0.3, 0.4) is 0 Å². The van der Waals surface area contributed by atoms with Gasteiger partial charge >= 0.3 is 0 Å². The molecule has 0 aromatic carbocycles. The lowest BCUT2D eigenvalue weighted by Crippen LogP contribution is -1.89. The Morgan fingerprint density at radius 1 is 1.40 bits per heavy atom. The first kappa shape index (κ1) is 8.95. The highest BCUT2D eigenvalue weighted by molar-refractivity contribution is 5.40. The SMILES string of the molecule is CC.Cc1ncccc1N. The minimum absolute atomic E-state index is 0.757. The number of pyridine rings is 1. The molecular formula is C8H14N2. The van der Waals surface area contributed by atoms with Crippen LogP contribution < -0.4 is 5.73 Å². The Balaban J connectivity index is 0.000000371. The highest BCUT2D eigenvalue weighted by Crippen LogP contribution is 2.02. The smallest absolute Gasteiger partial charge is 0.0601 e. The second-order valence-electron chi connectivity index (χ2n) is 1.68. The molecule has 0 fully saturated rings. The van der Waals surface area contributed by atoms with Crippen molar-refractivity contribution in [3.63, 3.8) is 0 Å². The van der Waals surface area contributed by atoms with Gasteiger partial charge in [0, 0.05) is 6.20 Å². The van der Waals surface area contributed by atoms with Crippen LogP contribution in [0.1, 0.15) is 19.5 Å². The Morgan fingerprint density at radius 2 is 2.00 bits per heavy atom. The van der Waals surface area contributed by atoms with E-state index in [2.05, 4.69) is 4.98 Å². The van der Waals surface area contributed by atoms with E-state index >= 15 is 0 Å². The van der Waals surface area contributed by atoms with Gasteiger partial charge in [-0.15, -0.1) is 0 Å². The molecule has 1 heterocycles. The predicted molar refractivity (Wildman–Crippen MR) is 44.7 cm³/mol. The number of rotatable bonds is 0. The fourth-order valence-electron chi connectivity index (χ4n) is 0.497. The van der Waals surface area contributed by atoms with Crippen molar-refractivity contribution in [1.29, 1.82) is 0 Å². The van der Waals surface area contributed by atoms with Gasteiger partial charge in [0.25, 0.3) is 0 Å². The average Bonchev–Trinajstić information content (AvgIpc) is 2.00. The number of nitrogens with two attached hydrogens (primary N) is 1. The topological polar surface area (TPSA) is 38.9 Å². The predicted octanol–water partition coefficient (Wildman–Crippen LogP) is 2.00. The maximum Gasteiger partial charge on any atom is 0.0601 e. The molecule has 1 aromatic rings. The third-order valence-electron chi connectivity index (χ3n) is 1.05. The van der Waals surface area contributed by atoms with Crippen molar-refractivity contribution in [3.8, 4) is 0 Å². The molecule has 0 aliphatic carbocycles. The molecule has 56 valence electrons. The lowest BCUT2D eigenvalue weighted by atomic mass is 10.3. The van der Waals surface area contributed by atoms with Gasteiger partial charge in [0.2, 0.25) is 0 Å². The monoisotopic (exact) mass is 138 g/mol. The zero-order valence-corrected chi connectivity index (χ0v) is 6.76. The number of nitrogen functional groups attached to an aromatic ring is 1. The van der Waals surface area contributed by atoms with Gasteiger partial charge in [0.15, 0.2) is 0 Å². The van der Waals surface area contributed by atoms with Crippen molar-refractivity contribution in [2.24, 2.45) is 0 Å². The first-order valence-electron chi connectivity index (χ1n) is 3.48. The Kier molecular flexibility index (Phi) is 4.29. The van der Waals surface area contributed by atoms with Crippen LogP contribution in [0.25, 0.3) is 0 Å². The summed E-state index contributed by atoms with van der Waals surface area (Å²) in [5, 5.41) is 0. The van der Waals surface area contributed by atoms with E-state index in [0.29, 0.717) is 0 Å². The summed E-state index contributed by atoms with van der Waals surface area (Å²) in [6.07, 6.45) is 1.73. The van der Waals surface area contributed by atoms with Gasteiger partial charge < -0.3 is 5.73 Å². The Morgan fingerprint density at radius 3 is 2.30 bits per heavy atom. The van der Waals surface area contributed by atoms with E-state index in [4.69, 9.17) is 5.73 Å². The second kappa shape index (κ2) is 4.79. The zero-order chi connectivity index (χ0) is 7.98. The molecule has 0 bridgehead atoms. The van der Waals surface area contributed by atoms with Crippen LogP contribution in [-0.2, 0) is 0 Å². The van der Waals surface area contributed by atoms with E-state index in [-0.39, 0.29) is 0 Å². The number of hydrogen-bond acceptors (Lipinski definition) is 2. The Bertz CT molecular complexity index is 163. The molecule has 0 amide bonds. The molecule has 10 heavy (non-hydrogen) atoms. The van der Waals surface area contributed by atoms with Crippen LogP contribution in [0.15, 0.2) is 18.3 Å². The highest BCUT2D eigenvalue weighted by atomic mass is 14.7. The Hall–Kier alpha value is -1.05. The van der Waals surface area contributed by atoms with E-state index in [0.717, 1.165) is 11.4 Å². The summed E-state index contributed by atoms with van der Waals surface area (Å²) in [6.45, 7) is 5.88. The zero-order valence-electron chi connectivity index (χ0n) is 6.76. The van der Waals surface area contributed by atoms with Crippen molar-refractivity contribution < 1.29 is 0 Å². The number of anilines is 1. The summed E-state index contributed by atoms with van der Waals surface area (Å²) >= 11 is 0. The van der Waals surface area contributed by atoms with Crippen LogP contribution in [-0.4, -0.2) is 4.98 Å². The maximum atomic E-state index is 5.46. The van der Waals surface area contributed by atoms with Gasteiger partial charge in [-0.05, 0) is 19.1 Å². The molecule has 0 saturated carbocycles. The standard InChI is InChI=1S/C6H8N2.C2H6/c1-5-6(7)3-2-4-8-5;1-2/h2-4H,7H2,1H3;1-2H3. The van der Waals surface area contributed by atoms with E-state index in [1.807, 2.05) is 32.9 Å². The lowest BCUT2D eigenvalue weighted by molar-refractivity contribution is 1.21. The lowest BCUT2D eigenvalue weighted by Gasteiger charge is -1.92. The average molecular weight is 138 g/mol. The molecule has 2 nitrogen and oxygen atoms in total. The largest absolute Gasteiger partial charge is 0.397 e. The summed E-state index contributed by atoms with van der Waals surface area (Å²) in [7, 11) is 0. The highest BCUT2D eigenvalue weighted by Gasteiger charge is 1.86. The summed E-state index contributed by atoms with van der Waals surface area (Å²) in [4.78, 5) is 3.95. The molecule has 2 N–H and O–H groups in total. The normalized spacial score (nSPS) is 7.90. The summed E-state index contributed by atoms with van der Waals surface area (Å²) in [5.41, 5.74) is 7.11. The molecule has 0 saturated heterocycles. The van der Waals surface area contributed by atoms with E-state index in [1.54, 1.807) is 6.20 Å². The fraction of sp³-hybridized carbons (Fsp3) is 0.375. The first-order valence-corrected chi connectivity index (χ1v) is 3.48. The molecule has 1 aromatic heterocycles. The van der Waals surface area contributed by atoms with Crippen molar-refractivity contribution in [2.75, 3.05) is 5.73 Å². The molecular weight excluding hydrogens is 124 g/mol. The van der Waals surface area contributed by atoms with Crippen LogP contribution in [0, 0.1) is 6.92 Å². The third kappa shape index (κ3) is 2.49. The first-order chi connectivity index (χ1) is 4.80. The van der Waals surface area contributed by atoms with Crippen LogP contribution in [0.5, 0.6) is 0 Å². The number of hydrogen-bond donors (Lipinski definition) is 1.